The minimum absolute atomic E-state index is 0.689. The summed E-state index contributed by atoms with van der Waals surface area (Å²) in [6.07, 6.45) is 9.57. The van der Waals surface area contributed by atoms with Crippen LogP contribution in [0.5, 0.6) is 0 Å². The summed E-state index contributed by atoms with van der Waals surface area (Å²) < 4.78 is 0. The number of hydrogen-bond acceptors (Lipinski definition) is 1. The highest BCUT2D eigenvalue weighted by Crippen LogP contribution is 2.11. The van der Waals surface area contributed by atoms with Crippen LogP contribution in [-0.2, 0) is 0 Å². The maximum Gasteiger partial charge on any atom is 0.00899 e. The number of hydrogen-bond donors (Lipinski definition) is 1. The van der Waals surface area contributed by atoms with Gasteiger partial charge in [0.25, 0.3) is 0 Å². The molecule has 1 N–H and O–H groups in total. The topological polar surface area (TPSA) is 12.0 Å². The van der Waals surface area contributed by atoms with Gasteiger partial charge in [0.05, 0.1) is 0 Å². The fourth-order valence-corrected chi connectivity index (χ4v) is 2.28. The standard InChI is InChI=1S/C15H33N/c1-6-8-9-10-11-12-14(5)16-15(7-2)13(3)4/h13-16H,6-12H2,1-5H3. The lowest BCUT2D eigenvalue weighted by Gasteiger charge is -2.25. The summed E-state index contributed by atoms with van der Waals surface area (Å²) in [4.78, 5) is 0. The van der Waals surface area contributed by atoms with Crippen LogP contribution in [0, 0.1) is 5.92 Å². The molecule has 0 aromatic carbocycles. The van der Waals surface area contributed by atoms with E-state index in [0.717, 1.165) is 5.92 Å². The Morgan fingerprint density at radius 3 is 2.00 bits per heavy atom. The van der Waals surface area contributed by atoms with Crippen molar-refractivity contribution in [3.05, 3.63) is 0 Å². The third kappa shape index (κ3) is 8.15. The summed E-state index contributed by atoms with van der Waals surface area (Å²) in [5.41, 5.74) is 0. The highest BCUT2D eigenvalue weighted by Gasteiger charge is 2.13. The average Bonchev–Trinajstić information content (AvgIpc) is 2.25. The Labute approximate surface area is 103 Å². The van der Waals surface area contributed by atoms with E-state index in [0.29, 0.717) is 12.1 Å². The minimum Gasteiger partial charge on any atom is -0.311 e. The zero-order valence-electron chi connectivity index (χ0n) is 12.2. The van der Waals surface area contributed by atoms with Crippen molar-refractivity contribution in [3.63, 3.8) is 0 Å². The van der Waals surface area contributed by atoms with Crippen molar-refractivity contribution in [2.24, 2.45) is 5.92 Å². The van der Waals surface area contributed by atoms with Gasteiger partial charge in [-0.05, 0) is 25.7 Å². The lowest BCUT2D eigenvalue weighted by Crippen LogP contribution is -2.39. The second-order valence-corrected chi connectivity index (χ2v) is 5.53. The third-order valence-electron chi connectivity index (χ3n) is 3.48. The quantitative estimate of drug-likeness (QED) is 0.531. The first-order chi connectivity index (χ1) is 7.61. The zero-order valence-corrected chi connectivity index (χ0v) is 12.2. The van der Waals surface area contributed by atoms with Crippen LogP contribution in [0.25, 0.3) is 0 Å². The molecule has 0 heterocycles. The van der Waals surface area contributed by atoms with Gasteiger partial charge in [0.2, 0.25) is 0 Å². The molecule has 0 aliphatic rings. The van der Waals surface area contributed by atoms with Gasteiger partial charge in [-0.2, -0.15) is 0 Å². The predicted molar refractivity (Wildman–Crippen MR) is 74.9 cm³/mol. The van der Waals surface area contributed by atoms with Gasteiger partial charge >= 0.3 is 0 Å². The van der Waals surface area contributed by atoms with E-state index < -0.39 is 0 Å². The minimum atomic E-state index is 0.689. The van der Waals surface area contributed by atoms with Gasteiger partial charge < -0.3 is 5.32 Å². The molecule has 0 spiro atoms. The Morgan fingerprint density at radius 1 is 0.875 bits per heavy atom. The molecule has 0 aliphatic carbocycles. The molecule has 1 nitrogen and oxygen atoms in total. The molecule has 0 aromatic rings. The summed E-state index contributed by atoms with van der Waals surface area (Å²) in [5.74, 6) is 0.757. The molecule has 0 amide bonds. The first kappa shape index (κ1) is 16.0. The monoisotopic (exact) mass is 227 g/mol. The molecular formula is C15H33N. The predicted octanol–water partition coefficient (Wildman–Crippen LogP) is 4.76. The Bertz CT molecular complexity index is 142. The van der Waals surface area contributed by atoms with Crippen molar-refractivity contribution in [3.8, 4) is 0 Å². The second-order valence-electron chi connectivity index (χ2n) is 5.53. The number of nitrogens with one attached hydrogen (secondary N) is 1. The maximum absolute atomic E-state index is 3.76. The molecule has 0 saturated heterocycles. The van der Waals surface area contributed by atoms with Gasteiger partial charge in [0.15, 0.2) is 0 Å². The van der Waals surface area contributed by atoms with Gasteiger partial charge in [-0.25, -0.2) is 0 Å². The molecule has 0 aliphatic heterocycles. The van der Waals surface area contributed by atoms with E-state index in [2.05, 4.69) is 39.9 Å². The molecule has 0 fully saturated rings. The molecule has 16 heavy (non-hydrogen) atoms. The summed E-state index contributed by atoms with van der Waals surface area (Å²) in [6, 6.07) is 1.39. The Morgan fingerprint density at radius 2 is 1.50 bits per heavy atom. The van der Waals surface area contributed by atoms with Crippen LogP contribution >= 0.6 is 0 Å². The van der Waals surface area contributed by atoms with Crippen LogP contribution in [0.2, 0.25) is 0 Å². The van der Waals surface area contributed by atoms with E-state index in [1.807, 2.05) is 0 Å². The molecule has 0 aromatic heterocycles. The van der Waals surface area contributed by atoms with Gasteiger partial charge in [-0.3, -0.25) is 0 Å². The van der Waals surface area contributed by atoms with Crippen LogP contribution in [0.1, 0.15) is 79.6 Å². The normalized spacial score (nSPS) is 15.4. The van der Waals surface area contributed by atoms with E-state index >= 15 is 0 Å². The highest BCUT2D eigenvalue weighted by molar-refractivity contribution is 4.72. The van der Waals surface area contributed by atoms with Crippen LogP contribution < -0.4 is 5.32 Å². The van der Waals surface area contributed by atoms with Gasteiger partial charge in [0, 0.05) is 12.1 Å². The molecular weight excluding hydrogens is 194 g/mol. The van der Waals surface area contributed by atoms with Crippen LogP contribution in [0.15, 0.2) is 0 Å². The van der Waals surface area contributed by atoms with Crippen molar-refractivity contribution < 1.29 is 0 Å². The van der Waals surface area contributed by atoms with E-state index in [4.69, 9.17) is 0 Å². The molecule has 2 atom stereocenters. The smallest absolute Gasteiger partial charge is 0.00899 e. The zero-order chi connectivity index (χ0) is 12.4. The number of unbranched alkanes of at least 4 members (excludes halogenated alkanes) is 4. The Hall–Kier alpha value is -0.0400. The van der Waals surface area contributed by atoms with E-state index in [-0.39, 0.29) is 0 Å². The van der Waals surface area contributed by atoms with Crippen LogP contribution in [-0.4, -0.2) is 12.1 Å². The molecule has 98 valence electrons. The van der Waals surface area contributed by atoms with Crippen molar-refractivity contribution in [1.82, 2.24) is 5.32 Å². The summed E-state index contributed by atoms with van der Waals surface area (Å²) in [6.45, 7) is 11.5. The molecule has 2 unspecified atom stereocenters. The fourth-order valence-electron chi connectivity index (χ4n) is 2.28. The Kier molecular flexibility index (Phi) is 10.1. The molecule has 0 radical (unpaired) electrons. The van der Waals surface area contributed by atoms with Crippen molar-refractivity contribution >= 4 is 0 Å². The van der Waals surface area contributed by atoms with Crippen molar-refractivity contribution in [1.29, 1.82) is 0 Å². The first-order valence-electron chi connectivity index (χ1n) is 7.37. The van der Waals surface area contributed by atoms with E-state index in [9.17, 15) is 0 Å². The van der Waals surface area contributed by atoms with Crippen LogP contribution in [0.4, 0.5) is 0 Å². The SMILES string of the molecule is CCCCCCCC(C)NC(CC)C(C)C. The van der Waals surface area contributed by atoms with Crippen LogP contribution in [0.3, 0.4) is 0 Å². The van der Waals surface area contributed by atoms with Crippen molar-refractivity contribution in [2.45, 2.75) is 91.6 Å². The van der Waals surface area contributed by atoms with E-state index in [1.54, 1.807) is 0 Å². The maximum atomic E-state index is 3.76. The first-order valence-corrected chi connectivity index (χ1v) is 7.37. The number of rotatable bonds is 10. The lowest BCUT2D eigenvalue weighted by molar-refractivity contribution is 0.338. The second kappa shape index (κ2) is 10.1. The largest absolute Gasteiger partial charge is 0.311 e. The van der Waals surface area contributed by atoms with E-state index in [1.165, 1.54) is 44.9 Å². The average molecular weight is 227 g/mol. The lowest BCUT2D eigenvalue weighted by atomic mass is 9.99. The fraction of sp³-hybridized carbons (Fsp3) is 1.00. The summed E-state index contributed by atoms with van der Waals surface area (Å²) in [5, 5.41) is 3.76. The van der Waals surface area contributed by atoms with Gasteiger partial charge in [-0.1, -0.05) is 59.8 Å². The molecule has 0 rings (SSSR count). The summed E-state index contributed by atoms with van der Waals surface area (Å²) >= 11 is 0. The molecule has 0 bridgehead atoms. The summed E-state index contributed by atoms with van der Waals surface area (Å²) in [7, 11) is 0. The molecule has 1 heteroatoms. The highest BCUT2D eigenvalue weighted by atomic mass is 14.9. The van der Waals surface area contributed by atoms with Gasteiger partial charge in [-0.15, -0.1) is 0 Å². The Balaban J connectivity index is 3.52. The van der Waals surface area contributed by atoms with Gasteiger partial charge in [0.1, 0.15) is 0 Å². The van der Waals surface area contributed by atoms with Crippen molar-refractivity contribution in [2.75, 3.05) is 0 Å². The molecule has 0 saturated carbocycles. The third-order valence-corrected chi connectivity index (χ3v) is 3.48.